The van der Waals surface area contributed by atoms with Gasteiger partial charge in [-0.25, -0.2) is 13.4 Å². The van der Waals surface area contributed by atoms with Gasteiger partial charge in [0.05, 0.1) is 11.4 Å². The highest BCUT2D eigenvalue weighted by Crippen LogP contribution is 2.23. The molecule has 0 atom stereocenters. The van der Waals surface area contributed by atoms with E-state index in [2.05, 4.69) is 53.7 Å². The molecule has 1 fully saturated rings. The zero-order valence-electron chi connectivity index (χ0n) is 18.3. The molecule has 2 aromatic rings. The van der Waals surface area contributed by atoms with Crippen molar-refractivity contribution in [3.8, 4) is 0 Å². The number of hydrogen-bond acceptors (Lipinski definition) is 3. The third kappa shape index (κ3) is 7.47. The molecular formula is C23H33IN4O2S. The monoisotopic (exact) mass is 556 g/mol. The molecule has 8 heteroatoms. The summed E-state index contributed by atoms with van der Waals surface area (Å²) < 4.78 is 27.1. The summed E-state index contributed by atoms with van der Waals surface area (Å²) in [4.78, 5) is 5.05. The Morgan fingerprint density at radius 3 is 2.29 bits per heavy atom. The first kappa shape index (κ1) is 25.6. The summed E-state index contributed by atoms with van der Waals surface area (Å²) in [7, 11) is -3.39. The normalized spacial score (nSPS) is 15.9. The molecule has 0 unspecified atom stereocenters. The van der Waals surface area contributed by atoms with Gasteiger partial charge in [0, 0.05) is 26.2 Å². The number of nitrogens with zero attached hydrogens (tertiary/aromatic N) is 2. The standard InChI is InChI=1S/C23H32N4O2S.HI/c1-3-24-23(25-17-20-11-9-19(2)10-12-20)26-18-21-13-15-27(16-14-21)30(28,29)22-7-5-4-6-8-22;/h4-12,21H,3,13-18H2,1-2H3,(H2,24,25,26);1H. The van der Waals surface area contributed by atoms with E-state index >= 15 is 0 Å². The zero-order chi connectivity index (χ0) is 21.4. The minimum Gasteiger partial charge on any atom is -0.357 e. The molecule has 1 aliphatic rings. The van der Waals surface area contributed by atoms with Crippen LogP contribution in [0, 0.1) is 12.8 Å². The van der Waals surface area contributed by atoms with Crippen LogP contribution in [0.5, 0.6) is 0 Å². The van der Waals surface area contributed by atoms with Gasteiger partial charge in [0.2, 0.25) is 10.0 Å². The Morgan fingerprint density at radius 1 is 1.03 bits per heavy atom. The van der Waals surface area contributed by atoms with Crippen molar-refractivity contribution >= 4 is 40.0 Å². The Bertz CT molecular complexity index is 926. The van der Waals surface area contributed by atoms with Gasteiger partial charge in [-0.1, -0.05) is 48.0 Å². The SMILES string of the molecule is CCNC(=NCc1ccc(C)cc1)NCC1CCN(S(=O)(=O)c2ccccc2)CC1.I. The Balaban J connectivity index is 0.00000341. The highest BCUT2D eigenvalue weighted by Gasteiger charge is 2.29. The molecule has 1 aliphatic heterocycles. The maximum absolute atomic E-state index is 12.8. The Hall–Kier alpha value is -1.65. The molecule has 6 nitrogen and oxygen atoms in total. The summed E-state index contributed by atoms with van der Waals surface area (Å²) in [5.74, 6) is 1.23. The Labute approximate surface area is 203 Å². The number of sulfonamides is 1. The van der Waals surface area contributed by atoms with Crippen molar-refractivity contribution in [3.63, 3.8) is 0 Å². The van der Waals surface area contributed by atoms with E-state index in [0.29, 0.717) is 30.4 Å². The molecule has 0 radical (unpaired) electrons. The molecule has 170 valence electrons. The van der Waals surface area contributed by atoms with Gasteiger partial charge in [0.25, 0.3) is 0 Å². The average molecular weight is 557 g/mol. The summed E-state index contributed by atoms with van der Waals surface area (Å²) in [6, 6.07) is 17.1. The largest absolute Gasteiger partial charge is 0.357 e. The van der Waals surface area contributed by atoms with Crippen LogP contribution < -0.4 is 10.6 Å². The smallest absolute Gasteiger partial charge is 0.243 e. The van der Waals surface area contributed by atoms with E-state index in [1.165, 1.54) is 11.1 Å². The lowest BCUT2D eigenvalue weighted by molar-refractivity contribution is 0.273. The highest BCUT2D eigenvalue weighted by molar-refractivity contribution is 14.0. The second-order valence-corrected chi connectivity index (χ2v) is 9.66. The van der Waals surface area contributed by atoms with Gasteiger partial charge in [-0.2, -0.15) is 4.31 Å². The van der Waals surface area contributed by atoms with Gasteiger partial charge in [0.1, 0.15) is 0 Å². The van der Waals surface area contributed by atoms with Crippen LogP contribution >= 0.6 is 24.0 Å². The van der Waals surface area contributed by atoms with Crippen molar-refractivity contribution in [2.24, 2.45) is 10.9 Å². The van der Waals surface area contributed by atoms with Crippen molar-refractivity contribution in [1.29, 1.82) is 0 Å². The molecule has 2 aromatic carbocycles. The third-order valence-corrected chi connectivity index (χ3v) is 7.31. The minimum atomic E-state index is -3.39. The number of piperidine rings is 1. The van der Waals surface area contributed by atoms with E-state index in [1.807, 2.05) is 6.07 Å². The topological polar surface area (TPSA) is 73.8 Å². The molecule has 0 bridgehead atoms. The number of aliphatic imine (C=N–C) groups is 1. The van der Waals surface area contributed by atoms with Crippen LogP contribution in [0.15, 0.2) is 64.5 Å². The second kappa shape index (κ2) is 12.4. The molecule has 0 saturated carbocycles. The quantitative estimate of drug-likeness (QED) is 0.310. The van der Waals surface area contributed by atoms with Crippen LogP contribution in [0.4, 0.5) is 0 Å². The fourth-order valence-electron chi connectivity index (χ4n) is 3.54. The molecule has 2 N–H and O–H groups in total. The van der Waals surface area contributed by atoms with E-state index in [9.17, 15) is 8.42 Å². The highest BCUT2D eigenvalue weighted by atomic mass is 127. The molecule has 3 rings (SSSR count). The van der Waals surface area contributed by atoms with Crippen molar-refractivity contribution in [2.45, 2.75) is 38.1 Å². The van der Waals surface area contributed by atoms with Gasteiger partial charge < -0.3 is 10.6 Å². The van der Waals surface area contributed by atoms with Gasteiger partial charge in [-0.05, 0) is 50.3 Å². The molecule has 0 aromatic heterocycles. The molecular weight excluding hydrogens is 523 g/mol. The summed E-state index contributed by atoms with van der Waals surface area (Å²) in [6.07, 6.45) is 1.69. The average Bonchev–Trinajstić information content (AvgIpc) is 2.77. The van der Waals surface area contributed by atoms with E-state index in [4.69, 9.17) is 0 Å². The minimum absolute atomic E-state index is 0. The number of rotatable bonds is 7. The van der Waals surface area contributed by atoms with E-state index < -0.39 is 10.0 Å². The van der Waals surface area contributed by atoms with Crippen LogP contribution in [0.25, 0.3) is 0 Å². The maximum Gasteiger partial charge on any atom is 0.243 e. The van der Waals surface area contributed by atoms with Crippen molar-refractivity contribution < 1.29 is 8.42 Å². The van der Waals surface area contributed by atoms with Crippen LogP contribution in [-0.4, -0.2) is 44.9 Å². The zero-order valence-corrected chi connectivity index (χ0v) is 21.4. The van der Waals surface area contributed by atoms with Gasteiger partial charge in [-0.15, -0.1) is 24.0 Å². The summed E-state index contributed by atoms with van der Waals surface area (Å²) in [5, 5.41) is 6.72. The number of aryl methyl sites for hydroxylation is 1. The third-order valence-electron chi connectivity index (χ3n) is 5.40. The molecule has 31 heavy (non-hydrogen) atoms. The van der Waals surface area contributed by atoms with Crippen molar-refractivity contribution in [3.05, 3.63) is 65.7 Å². The molecule has 1 heterocycles. The summed E-state index contributed by atoms with van der Waals surface area (Å²) >= 11 is 0. The fourth-order valence-corrected chi connectivity index (χ4v) is 5.03. The molecule has 1 saturated heterocycles. The number of benzene rings is 2. The maximum atomic E-state index is 12.8. The van der Waals surface area contributed by atoms with E-state index in [-0.39, 0.29) is 24.0 Å². The molecule has 0 aliphatic carbocycles. The first-order valence-electron chi connectivity index (χ1n) is 10.6. The molecule has 0 spiro atoms. The van der Waals surface area contributed by atoms with Crippen molar-refractivity contribution in [1.82, 2.24) is 14.9 Å². The van der Waals surface area contributed by atoms with Gasteiger partial charge in [0.15, 0.2) is 5.96 Å². The lowest BCUT2D eigenvalue weighted by atomic mass is 9.98. The van der Waals surface area contributed by atoms with Crippen LogP contribution in [0.1, 0.15) is 30.9 Å². The first-order valence-corrected chi connectivity index (χ1v) is 12.1. The van der Waals surface area contributed by atoms with Crippen LogP contribution in [0.3, 0.4) is 0 Å². The predicted molar refractivity (Wildman–Crippen MR) is 137 cm³/mol. The summed E-state index contributed by atoms with van der Waals surface area (Å²) in [5.41, 5.74) is 2.42. The Kier molecular flexibility index (Phi) is 10.2. The van der Waals surface area contributed by atoms with Gasteiger partial charge in [-0.3, -0.25) is 0 Å². The number of nitrogens with one attached hydrogen (secondary N) is 2. The summed E-state index contributed by atoms with van der Waals surface area (Å²) in [6.45, 7) is 7.46. The van der Waals surface area contributed by atoms with E-state index in [1.54, 1.807) is 28.6 Å². The fraction of sp³-hybridized carbons (Fsp3) is 0.435. The first-order chi connectivity index (χ1) is 14.5. The van der Waals surface area contributed by atoms with Crippen molar-refractivity contribution in [2.75, 3.05) is 26.2 Å². The molecule has 0 amide bonds. The Morgan fingerprint density at radius 2 is 1.68 bits per heavy atom. The predicted octanol–water partition coefficient (Wildman–Crippen LogP) is 3.77. The number of halogens is 1. The van der Waals surface area contributed by atoms with Gasteiger partial charge >= 0.3 is 0 Å². The lowest BCUT2D eigenvalue weighted by Gasteiger charge is -2.31. The lowest BCUT2D eigenvalue weighted by Crippen LogP contribution is -2.44. The number of hydrogen-bond donors (Lipinski definition) is 2. The van der Waals surface area contributed by atoms with Crippen LogP contribution in [0.2, 0.25) is 0 Å². The number of guanidine groups is 1. The second-order valence-electron chi connectivity index (χ2n) is 7.72. The van der Waals surface area contributed by atoms with Crippen LogP contribution in [-0.2, 0) is 16.6 Å². The van der Waals surface area contributed by atoms with E-state index in [0.717, 1.165) is 31.9 Å².